The number of hydrogen-bond donors (Lipinski definition) is 0. The molecule has 0 aromatic heterocycles. The Morgan fingerprint density at radius 3 is 2.43 bits per heavy atom. The van der Waals surface area contributed by atoms with Gasteiger partial charge in [0.05, 0.1) is 11.3 Å². The third-order valence-corrected chi connectivity index (χ3v) is 5.73. The zero-order valence-corrected chi connectivity index (χ0v) is 16.7. The van der Waals surface area contributed by atoms with E-state index in [-0.39, 0.29) is 5.57 Å². The fourth-order valence-electron chi connectivity index (χ4n) is 2.84. The predicted molar refractivity (Wildman–Crippen MR) is 109 cm³/mol. The third-order valence-electron chi connectivity index (χ3n) is 4.49. The summed E-state index contributed by atoms with van der Waals surface area (Å²) in [7, 11) is 1.81. The molecule has 2 aromatic rings. The van der Waals surface area contributed by atoms with E-state index in [1.807, 2.05) is 47.4 Å². The largest absolute Gasteiger partial charge is 0.454 e. The number of carbonyl (C=O) groups excluding carboxylic acids is 2. The second kappa shape index (κ2) is 8.32. The van der Waals surface area contributed by atoms with Gasteiger partial charge in [0.2, 0.25) is 5.78 Å². The molecular formula is C22H20N2O3S. The van der Waals surface area contributed by atoms with Crippen molar-refractivity contribution in [1.82, 2.24) is 0 Å². The van der Waals surface area contributed by atoms with E-state index in [0.717, 1.165) is 16.1 Å². The molecule has 3 rings (SSSR count). The summed E-state index contributed by atoms with van der Waals surface area (Å²) in [5.74, 6) is -0.736. The molecule has 1 aliphatic heterocycles. The Labute approximate surface area is 168 Å². The first-order chi connectivity index (χ1) is 13.4. The van der Waals surface area contributed by atoms with Gasteiger partial charge in [0.25, 0.3) is 0 Å². The van der Waals surface area contributed by atoms with E-state index in [9.17, 15) is 14.9 Å². The monoisotopic (exact) mass is 392 g/mol. The van der Waals surface area contributed by atoms with Crippen LogP contribution in [0.3, 0.4) is 0 Å². The fourth-order valence-corrected chi connectivity index (χ4v) is 4.00. The van der Waals surface area contributed by atoms with Crippen molar-refractivity contribution < 1.29 is 14.3 Å². The van der Waals surface area contributed by atoms with E-state index < -0.39 is 18.4 Å². The average molecular weight is 392 g/mol. The molecule has 0 unspecified atom stereocenters. The Morgan fingerprint density at radius 1 is 1.14 bits per heavy atom. The number of carbonyl (C=O) groups is 2. The van der Waals surface area contributed by atoms with Crippen LogP contribution in [-0.2, 0) is 9.53 Å². The topological polar surface area (TPSA) is 70.4 Å². The quantitative estimate of drug-likeness (QED) is 0.423. The van der Waals surface area contributed by atoms with Crippen LogP contribution in [0.5, 0.6) is 0 Å². The van der Waals surface area contributed by atoms with Gasteiger partial charge in [-0.1, -0.05) is 49.9 Å². The number of ketones is 1. The second-order valence-electron chi connectivity index (χ2n) is 6.70. The average Bonchev–Trinajstić information content (AvgIpc) is 3.03. The van der Waals surface area contributed by atoms with Crippen molar-refractivity contribution in [2.75, 3.05) is 18.6 Å². The van der Waals surface area contributed by atoms with Crippen LogP contribution in [0.1, 0.15) is 35.7 Å². The summed E-state index contributed by atoms with van der Waals surface area (Å²) in [5.41, 5.74) is 2.42. The van der Waals surface area contributed by atoms with Gasteiger partial charge in [0.15, 0.2) is 6.61 Å². The van der Waals surface area contributed by atoms with Crippen LogP contribution in [0, 0.1) is 11.3 Å². The Bertz CT molecular complexity index is 988. The van der Waals surface area contributed by atoms with Crippen LogP contribution in [0.2, 0.25) is 0 Å². The number of nitrogens with zero attached hydrogens (tertiary/aromatic N) is 2. The lowest BCUT2D eigenvalue weighted by atomic mass is 10.0. The van der Waals surface area contributed by atoms with Gasteiger partial charge in [-0.05, 0) is 35.7 Å². The first-order valence-corrected chi connectivity index (χ1v) is 9.69. The van der Waals surface area contributed by atoms with E-state index in [2.05, 4.69) is 13.8 Å². The van der Waals surface area contributed by atoms with Crippen LogP contribution in [-0.4, -0.2) is 25.4 Å². The molecule has 0 radical (unpaired) electrons. The predicted octanol–water partition coefficient (Wildman–Crippen LogP) is 4.51. The maximum atomic E-state index is 12.5. The highest BCUT2D eigenvalue weighted by molar-refractivity contribution is 8.03. The summed E-state index contributed by atoms with van der Waals surface area (Å²) in [4.78, 5) is 27.5. The Hall–Kier alpha value is -3.04. The van der Waals surface area contributed by atoms with Crippen molar-refractivity contribution in [2.45, 2.75) is 24.7 Å². The van der Waals surface area contributed by atoms with Gasteiger partial charge < -0.3 is 9.64 Å². The van der Waals surface area contributed by atoms with Gasteiger partial charge in [-0.25, -0.2) is 4.79 Å². The van der Waals surface area contributed by atoms with E-state index >= 15 is 0 Å². The summed E-state index contributed by atoms with van der Waals surface area (Å²) < 4.78 is 5.14. The highest BCUT2D eigenvalue weighted by atomic mass is 32.2. The number of benzene rings is 2. The molecule has 142 valence electrons. The van der Waals surface area contributed by atoms with Gasteiger partial charge in [-0.2, -0.15) is 5.26 Å². The molecule has 6 heteroatoms. The highest BCUT2D eigenvalue weighted by Gasteiger charge is 2.28. The maximum Gasteiger partial charge on any atom is 0.338 e. The van der Waals surface area contributed by atoms with Gasteiger partial charge in [0.1, 0.15) is 16.7 Å². The molecule has 0 N–H and O–H groups in total. The Balaban J connectivity index is 1.70. The van der Waals surface area contributed by atoms with Crippen molar-refractivity contribution in [3.05, 3.63) is 70.3 Å². The lowest BCUT2D eigenvalue weighted by Gasteiger charge is -2.14. The molecule has 0 saturated heterocycles. The maximum absolute atomic E-state index is 12.5. The van der Waals surface area contributed by atoms with Crippen molar-refractivity contribution in [1.29, 1.82) is 5.26 Å². The van der Waals surface area contributed by atoms with Crippen LogP contribution in [0.15, 0.2) is 64.0 Å². The number of Topliss-reactive ketones (excluding diaryl/α,β-unsaturated/α-hetero) is 1. The highest BCUT2D eigenvalue weighted by Crippen LogP contribution is 2.46. The van der Waals surface area contributed by atoms with Gasteiger partial charge >= 0.3 is 5.97 Å². The van der Waals surface area contributed by atoms with Crippen LogP contribution >= 0.6 is 11.8 Å². The van der Waals surface area contributed by atoms with Crippen molar-refractivity contribution in [3.8, 4) is 6.07 Å². The minimum absolute atomic E-state index is 0.00773. The zero-order chi connectivity index (χ0) is 20.3. The van der Waals surface area contributed by atoms with E-state index in [0.29, 0.717) is 16.5 Å². The Kier molecular flexibility index (Phi) is 5.86. The van der Waals surface area contributed by atoms with E-state index in [4.69, 9.17) is 4.74 Å². The number of hydrogen-bond acceptors (Lipinski definition) is 6. The molecule has 5 nitrogen and oxygen atoms in total. The lowest BCUT2D eigenvalue weighted by Crippen LogP contribution is -2.20. The van der Waals surface area contributed by atoms with E-state index in [1.165, 1.54) is 11.8 Å². The van der Waals surface area contributed by atoms with Crippen molar-refractivity contribution >= 4 is 29.2 Å². The number of ether oxygens (including phenoxy) is 1. The summed E-state index contributed by atoms with van der Waals surface area (Å²) >= 11 is 1.36. The minimum Gasteiger partial charge on any atom is -0.454 e. The van der Waals surface area contributed by atoms with Crippen LogP contribution < -0.4 is 4.90 Å². The first kappa shape index (κ1) is 19.7. The molecule has 0 aliphatic carbocycles. The summed E-state index contributed by atoms with van der Waals surface area (Å²) in [6.07, 6.45) is 0. The lowest BCUT2D eigenvalue weighted by molar-refractivity contribution is -0.118. The molecule has 1 aliphatic rings. The standard InChI is InChI=1S/C22H20N2O3S/c1-14(2)15-8-10-16(11-9-15)22(26)27-13-19(25)17(12-23)21-24(3)18-6-4-5-7-20(18)28-21/h4-11,14H,13H2,1-3H3/b21-17-. The molecular weight excluding hydrogens is 372 g/mol. The molecule has 0 bridgehead atoms. The zero-order valence-electron chi connectivity index (χ0n) is 15.9. The van der Waals surface area contributed by atoms with Crippen molar-refractivity contribution in [3.63, 3.8) is 0 Å². The summed E-state index contributed by atoms with van der Waals surface area (Å²) in [5, 5.41) is 10.1. The summed E-state index contributed by atoms with van der Waals surface area (Å²) in [6, 6.07) is 16.7. The number of esters is 1. The third kappa shape index (κ3) is 3.95. The normalized spacial score (nSPS) is 14.5. The number of fused-ring (bicyclic) bond motifs is 1. The van der Waals surface area contributed by atoms with Crippen molar-refractivity contribution in [2.24, 2.45) is 0 Å². The van der Waals surface area contributed by atoms with Gasteiger partial charge in [-0.15, -0.1) is 0 Å². The molecule has 1 heterocycles. The molecule has 0 spiro atoms. The molecule has 0 amide bonds. The van der Waals surface area contributed by atoms with E-state index in [1.54, 1.807) is 19.2 Å². The Morgan fingerprint density at radius 2 is 1.82 bits per heavy atom. The molecule has 28 heavy (non-hydrogen) atoms. The van der Waals surface area contributed by atoms with Crippen LogP contribution in [0.25, 0.3) is 0 Å². The number of thioether (sulfide) groups is 1. The molecule has 0 fully saturated rings. The minimum atomic E-state index is -0.582. The smallest absolute Gasteiger partial charge is 0.338 e. The number of nitriles is 1. The fraction of sp³-hybridized carbons (Fsp3) is 0.227. The molecule has 2 aromatic carbocycles. The number of para-hydroxylation sites is 1. The number of rotatable bonds is 5. The van der Waals surface area contributed by atoms with Crippen LogP contribution in [0.4, 0.5) is 5.69 Å². The number of anilines is 1. The first-order valence-electron chi connectivity index (χ1n) is 8.87. The van der Waals surface area contributed by atoms with Gasteiger partial charge in [0, 0.05) is 11.9 Å². The molecule has 0 atom stereocenters. The SMILES string of the molecule is CC(C)c1ccc(C(=O)OCC(=O)/C(C#N)=C2\Sc3ccccc3N2C)cc1. The van der Waals surface area contributed by atoms with Gasteiger partial charge in [-0.3, -0.25) is 4.79 Å². The molecule has 0 saturated carbocycles. The summed E-state index contributed by atoms with van der Waals surface area (Å²) in [6.45, 7) is 3.67. The second-order valence-corrected chi connectivity index (χ2v) is 7.73.